The van der Waals surface area contributed by atoms with Gasteiger partial charge in [0.05, 0.1) is 0 Å². The van der Waals surface area contributed by atoms with E-state index in [1.807, 2.05) is 32.9 Å². The molecule has 0 aromatic carbocycles. The first-order valence-electron chi connectivity index (χ1n) is 4.42. The third-order valence-corrected chi connectivity index (χ3v) is 2.21. The fraction of sp³-hybridized carbons (Fsp3) is 0.500. The van der Waals surface area contributed by atoms with E-state index in [0.717, 1.165) is 11.5 Å². The van der Waals surface area contributed by atoms with E-state index in [2.05, 4.69) is 5.32 Å². The third-order valence-electron chi connectivity index (χ3n) is 2.08. The van der Waals surface area contributed by atoms with Gasteiger partial charge in [-0.1, -0.05) is 13.8 Å². The Labute approximate surface area is 88.4 Å². The van der Waals surface area contributed by atoms with Crippen molar-refractivity contribution in [2.24, 2.45) is 0 Å². The fourth-order valence-corrected chi connectivity index (χ4v) is 1.24. The molecule has 1 aromatic rings. The van der Waals surface area contributed by atoms with Gasteiger partial charge >= 0.3 is 5.37 Å². The van der Waals surface area contributed by atoms with Crippen molar-refractivity contribution < 1.29 is 9.21 Å². The lowest BCUT2D eigenvalue weighted by Gasteiger charge is -2.21. The van der Waals surface area contributed by atoms with E-state index < -0.39 is 5.37 Å². The van der Waals surface area contributed by atoms with Crippen molar-refractivity contribution in [3.63, 3.8) is 0 Å². The zero-order valence-corrected chi connectivity index (χ0v) is 9.31. The van der Waals surface area contributed by atoms with Crippen molar-refractivity contribution in [1.82, 2.24) is 5.32 Å². The molecule has 0 unspecified atom stereocenters. The van der Waals surface area contributed by atoms with Gasteiger partial charge in [0.2, 0.25) is 0 Å². The van der Waals surface area contributed by atoms with Crippen molar-refractivity contribution in [2.45, 2.75) is 26.2 Å². The molecule has 3 nitrogen and oxygen atoms in total. The van der Waals surface area contributed by atoms with Gasteiger partial charge in [-0.05, 0) is 30.7 Å². The summed E-state index contributed by atoms with van der Waals surface area (Å²) in [5.41, 5.74) is -0.237. The van der Waals surface area contributed by atoms with Crippen LogP contribution < -0.4 is 5.32 Å². The van der Waals surface area contributed by atoms with E-state index in [-0.39, 0.29) is 5.41 Å². The molecule has 1 aromatic heterocycles. The first-order valence-corrected chi connectivity index (χ1v) is 4.80. The topological polar surface area (TPSA) is 42.2 Å². The lowest BCUT2D eigenvalue weighted by atomic mass is 9.90. The monoisotopic (exact) mass is 215 g/mol. The Morgan fingerprint density at radius 3 is 2.64 bits per heavy atom. The second-order valence-corrected chi connectivity index (χ2v) is 4.26. The Morgan fingerprint density at radius 2 is 2.21 bits per heavy atom. The molecular weight excluding hydrogens is 202 g/mol. The van der Waals surface area contributed by atoms with Crippen LogP contribution in [0.15, 0.2) is 16.5 Å². The Hall–Kier alpha value is -0.960. The maximum absolute atomic E-state index is 10.6. The second kappa shape index (κ2) is 4.05. The van der Waals surface area contributed by atoms with Gasteiger partial charge in [0.15, 0.2) is 0 Å². The Bertz CT molecular complexity index is 331. The fourth-order valence-electron chi connectivity index (χ4n) is 1.18. The first-order chi connectivity index (χ1) is 6.42. The lowest BCUT2D eigenvalue weighted by molar-refractivity contribution is 0.256. The largest absolute Gasteiger partial charge is 0.466 e. The van der Waals surface area contributed by atoms with Gasteiger partial charge in [-0.2, -0.15) is 0 Å². The molecule has 0 spiro atoms. The van der Waals surface area contributed by atoms with Gasteiger partial charge in [-0.3, -0.25) is 4.79 Å². The smallest absolute Gasteiger partial charge is 0.313 e. The minimum atomic E-state index is -0.540. The number of halogens is 1. The molecule has 0 aliphatic carbocycles. The van der Waals surface area contributed by atoms with Gasteiger partial charge in [-0.25, -0.2) is 0 Å². The standard InChI is InChI=1S/C10H14ClNO2/c1-7-4-5-8(14-7)10(2,3)6-12-9(11)13/h4-5H,6H2,1-3H3,(H,12,13). The molecule has 1 amide bonds. The average Bonchev–Trinajstić information content (AvgIpc) is 2.49. The zero-order valence-electron chi connectivity index (χ0n) is 8.56. The van der Waals surface area contributed by atoms with Gasteiger partial charge in [0.25, 0.3) is 0 Å². The molecule has 78 valence electrons. The van der Waals surface area contributed by atoms with Gasteiger partial charge in [0.1, 0.15) is 11.5 Å². The normalized spacial score (nSPS) is 11.4. The van der Waals surface area contributed by atoms with Crippen molar-refractivity contribution in [3.8, 4) is 0 Å². The molecule has 0 radical (unpaired) electrons. The summed E-state index contributed by atoms with van der Waals surface area (Å²) < 4.78 is 5.49. The quantitative estimate of drug-likeness (QED) is 0.622. The second-order valence-electron chi connectivity index (χ2n) is 3.92. The number of furan rings is 1. The number of carbonyl (C=O) groups excluding carboxylic acids is 1. The highest BCUT2D eigenvalue weighted by atomic mass is 35.5. The highest BCUT2D eigenvalue weighted by Crippen LogP contribution is 2.24. The van der Waals surface area contributed by atoms with Crippen molar-refractivity contribution in [2.75, 3.05) is 6.54 Å². The predicted molar refractivity (Wildman–Crippen MR) is 55.7 cm³/mol. The van der Waals surface area contributed by atoms with Crippen LogP contribution in [0.1, 0.15) is 25.4 Å². The number of amides is 1. The van der Waals surface area contributed by atoms with Crippen LogP contribution in [0.2, 0.25) is 0 Å². The summed E-state index contributed by atoms with van der Waals surface area (Å²) in [5, 5.41) is 2.02. The Balaban J connectivity index is 2.69. The van der Waals surface area contributed by atoms with Gasteiger partial charge < -0.3 is 9.73 Å². The van der Waals surface area contributed by atoms with Crippen LogP contribution in [0.4, 0.5) is 4.79 Å². The molecule has 1 heterocycles. The van der Waals surface area contributed by atoms with Crippen LogP contribution in [0.3, 0.4) is 0 Å². The molecule has 0 saturated carbocycles. The third kappa shape index (κ3) is 2.77. The van der Waals surface area contributed by atoms with E-state index >= 15 is 0 Å². The number of nitrogens with one attached hydrogen (secondary N) is 1. The highest BCUT2D eigenvalue weighted by Gasteiger charge is 2.24. The zero-order chi connectivity index (χ0) is 10.8. The molecule has 0 aliphatic heterocycles. The van der Waals surface area contributed by atoms with Crippen LogP contribution in [-0.2, 0) is 5.41 Å². The maximum atomic E-state index is 10.6. The molecule has 4 heteroatoms. The summed E-state index contributed by atoms with van der Waals surface area (Å²) in [5.74, 6) is 1.71. The maximum Gasteiger partial charge on any atom is 0.313 e. The first kappa shape index (κ1) is 11.1. The van der Waals surface area contributed by atoms with Crippen LogP contribution in [-0.4, -0.2) is 11.9 Å². The minimum absolute atomic E-state index is 0.237. The van der Waals surface area contributed by atoms with E-state index in [1.165, 1.54) is 0 Å². The number of hydrogen-bond donors (Lipinski definition) is 1. The molecule has 14 heavy (non-hydrogen) atoms. The van der Waals surface area contributed by atoms with Crippen molar-refractivity contribution in [3.05, 3.63) is 23.7 Å². The summed E-state index contributed by atoms with van der Waals surface area (Å²) >= 11 is 5.20. The minimum Gasteiger partial charge on any atom is -0.466 e. The SMILES string of the molecule is Cc1ccc(C(C)(C)CNC(=O)Cl)o1. The van der Waals surface area contributed by atoms with Crippen LogP contribution in [0.25, 0.3) is 0 Å². The van der Waals surface area contributed by atoms with Crippen molar-refractivity contribution >= 4 is 17.0 Å². The molecule has 1 N–H and O–H groups in total. The number of carbonyl (C=O) groups is 1. The number of hydrogen-bond acceptors (Lipinski definition) is 2. The lowest BCUT2D eigenvalue weighted by Crippen LogP contribution is -2.33. The number of aryl methyl sites for hydroxylation is 1. The predicted octanol–water partition coefficient (Wildman–Crippen LogP) is 2.81. The van der Waals surface area contributed by atoms with E-state index in [4.69, 9.17) is 16.0 Å². The highest BCUT2D eigenvalue weighted by molar-refractivity contribution is 6.62. The van der Waals surface area contributed by atoms with Gasteiger partial charge in [0, 0.05) is 12.0 Å². The molecule has 0 saturated heterocycles. The molecule has 0 aliphatic rings. The Kier molecular flexibility index (Phi) is 3.21. The summed E-state index contributed by atoms with van der Waals surface area (Å²) in [7, 11) is 0. The van der Waals surface area contributed by atoms with Crippen LogP contribution in [0.5, 0.6) is 0 Å². The molecule has 0 fully saturated rings. The summed E-state index contributed by atoms with van der Waals surface area (Å²) in [4.78, 5) is 10.6. The van der Waals surface area contributed by atoms with Gasteiger partial charge in [-0.15, -0.1) is 0 Å². The van der Waals surface area contributed by atoms with Crippen LogP contribution >= 0.6 is 11.6 Å². The van der Waals surface area contributed by atoms with Crippen molar-refractivity contribution in [1.29, 1.82) is 0 Å². The Morgan fingerprint density at radius 1 is 1.57 bits per heavy atom. The number of rotatable bonds is 3. The summed E-state index contributed by atoms with van der Waals surface area (Å²) in [6, 6.07) is 3.81. The molecular formula is C10H14ClNO2. The summed E-state index contributed by atoms with van der Waals surface area (Å²) in [6.45, 7) is 6.32. The van der Waals surface area contributed by atoms with E-state index in [1.54, 1.807) is 0 Å². The molecule has 0 atom stereocenters. The summed E-state index contributed by atoms with van der Waals surface area (Å²) in [6.07, 6.45) is 0. The average molecular weight is 216 g/mol. The van der Waals surface area contributed by atoms with Crippen LogP contribution in [0, 0.1) is 6.92 Å². The molecule has 0 bridgehead atoms. The van der Waals surface area contributed by atoms with E-state index in [0.29, 0.717) is 6.54 Å². The molecule has 1 rings (SSSR count). The van der Waals surface area contributed by atoms with E-state index in [9.17, 15) is 4.79 Å².